The number of ketones is 2. The molecule has 3 aromatic carbocycles. The Morgan fingerprint density at radius 1 is 0.923 bits per heavy atom. The number of anilines is 1. The maximum Gasteiger partial charge on any atom is 0.163 e. The fourth-order valence-corrected chi connectivity index (χ4v) is 13.3. The van der Waals surface area contributed by atoms with Gasteiger partial charge < -0.3 is 26.2 Å². The Kier molecular flexibility index (Phi) is 14.3. The molecule has 4 fully saturated rings. The molecule has 0 amide bonds. The molecule has 1 saturated heterocycles. The molecule has 5 N–H and O–H groups in total. The Morgan fingerprint density at radius 2 is 1.74 bits per heavy atom. The van der Waals surface area contributed by atoms with Crippen LogP contribution >= 0.6 is 0 Å². The fourth-order valence-electron chi connectivity index (χ4n) is 13.3. The van der Waals surface area contributed by atoms with E-state index in [0.717, 1.165) is 98.2 Å². The number of benzene rings is 3. The zero-order valence-corrected chi connectivity index (χ0v) is 38.5. The number of nitrogens with two attached hydrogens (primary N) is 1. The molecule has 0 unspecified atom stereocenters. The number of rotatable bonds is 17. The maximum absolute atomic E-state index is 13.7. The molecule has 3 aliphatic carbocycles. The monoisotopic (exact) mass is 875 g/mol. The molecule has 8 nitrogen and oxygen atoms in total. The highest BCUT2D eigenvalue weighted by atomic mass is 16.5. The van der Waals surface area contributed by atoms with Crippen molar-refractivity contribution in [2.75, 3.05) is 32.5 Å². The van der Waals surface area contributed by atoms with E-state index in [1.807, 2.05) is 12.3 Å². The largest absolute Gasteiger partial charge is 0.504 e. The van der Waals surface area contributed by atoms with Gasteiger partial charge in [-0.25, -0.2) is 4.98 Å². The summed E-state index contributed by atoms with van der Waals surface area (Å²) in [6, 6.07) is 25.4. The number of carbonyl (C=O) groups is 2. The number of aromatic nitrogens is 1. The number of aryl methyl sites for hydroxylation is 4. The van der Waals surface area contributed by atoms with Gasteiger partial charge in [0.2, 0.25) is 0 Å². The zero-order chi connectivity index (χ0) is 44.8. The Bertz CT molecular complexity index is 2360. The minimum Gasteiger partial charge on any atom is -0.504 e. The summed E-state index contributed by atoms with van der Waals surface area (Å²) in [5.74, 6) is 4.64. The first-order valence-corrected chi connectivity index (χ1v) is 24.8. The van der Waals surface area contributed by atoms with Gasteiger partial charge in [-0.1, -0.05) is 79.2 Å². The van der Waals surface area contributed by atoms with E-state index in [1.54, 1.807) is 18.2 Å². The molecule has 1 aromatic heterocycles. The molecule has 8 atom stereocenters. The molecule has 3 heterocycles. The van der Waals surface area contributed by atoms with E-state index in [1.165, 1.54) is 74.8 Å². The summed E-state index contributed by atoms with van der Waals surface area (Å²) in [5, 5.41) is 18.6. The standard InChI is InChI=1S/C57H70N4O4/c1-65-54-31-42(45(30-53(54)64)29-46-37-61-55(58)32-43(46)18-16-40-11-5-10-39(26-40)15-14-38-8-3-2-4-9-38)19-21-49(62)33-50(63)27-41-17-20-48-13-6-23-57(48,34-41)35-52-51-22-25-59-36-47(51)28-44-12-7-24-60-56(44)52/h2-5,7-12,19,21,26,30-32,37,41,44,47-48,51-52,56,59-60,64H,6,13-18,20,22-25,27-29,33-36H2,1H3,(H2,58,61)/b21-19+/t41-,44+,47+,48+,51-,52-,56-,57-/m1/s1. The number of aromatic hydroxyl groups is 1. The lowest BCUT2D eigenvalue weighted by atomic mass is 9.54. The third-order valence-corrected chi connectivity index (χ3v) is 16.4. The Morgan fingerprint density at radius 3 is 2.58 bits per heavy atom. The van der Waals surface area contributed by atoms with Gasteiger partial charge in [0, 0.05) is 25.2 Å². The smallest absolute Gasteiger partial charge is 0.163 e. The molecule has 8 heteroatoms. The van der Waals surface area contributed by atoms with Gasteiger partial charge in [-0.3, -0.25) is 9.59 Å². The number of pyridine rings is 1. The number of piperidine rings is 1. The summed E-state index contributed by atoms with van der Waals surface area (Å²) >= 11 is 0. The van der Waals surface area contributed by atoms with Crippen LogP contribution in [0.2, 0.25) is 0 Å². The van der Waals surface area contributed by atoms with Crippen LogP contribution in [0.3, 0.4) is 0 Å². The number of nitrogen functional groups attached to an aromatic ring is 1. The number of fused-ring (bicyclic) bond motifs is 3. The van der Waals surface area contributed by atoms with Gasteiger partial charge in [-0.05, 0) is 201 Å². The van der Waals surface area contributed by atoms with Crippen molar-refractivity contribution in [3.63, 3.8) is 0 Å². The van der Waals surface area contributed by atoms with Gasteiger partial charge in [0.25, 0.3) is 0 Å². The van der Waals surface area contributed by atoms with Crippen LogP contribution in [0, 0.1) is 40.9 Å². The molecule has 9 rings (SSSR count). The average molecular weight is 875 g/mol. The van der Waals surface area contributed by atoms with Crippen molar-refractivity contribution >= 4 is 23.5 Å². The summed E-state index contributed by atoms with van der Waals surface area (Å²) in [6.45, 7) is 3.28. The molecule has 0 bridgehead atoms. The van der Waals surface area contributed by atoms with Crippen LogP contribution < -0.4 is 21.1 Å². The second-order valence-electron chi connectivity index (χ2n) is 20.4. The number of ether oxygens (including phenoxy) is 1. The highest BCUT2D eigenvalue weighted by Gasteiger charge is 2.53. The number of nitrogens with one attached hydrogen (secondary N) is 2. The number of Topliss-reactive ketones (excluding diaryl/α,β-unsaturated/α-hetero) is 1. The van der Waals surface area contributed by atoms with E-state index in [-0.39, 0.29) is 23.7 Å². The van der Waals surface area contributed by atoms with Crippen molar-refractivity contribution in [2.45, 2.75) is 109 Å². The number of carbonyl (C=O) groups excluding carboxylic acids is 2. The first-order valence-electron chi connectivity index (χ1n) is 24.8. The number of allylic oxidation sites excluding steroid dienone is 1. The molecular formula is C57H70N4O4. The van der Waals surface area contributed by atoms with Crippen molar-refractivity contribution in [3.8, 4) is 11.5 Å². The van der Waals surface area contributed by atoms with Crippen molar-refractivity contribution in [3.05, 3.63) is 136 Å². The van der Waals surface area contributed by atoms with E-state index >= 15 is 0 Å². The molecule has 0 spiro atoms. The molecule has 4 aromatic rings. The van der Waals surface area contributed by atoms with Gasteiger partial charge in [0.1, 0.15) is 11.6 Å². The number of phenolic OH excluding ortho intramolecular Hbond substituents is 1. The predicted octanol–water partition coefficient (Wildman–Crippen LogP) is 9.84. The average Bonchev–Trinajstić information content (AvgIpc) is 3.74. The first kappa shape index (κ1) is 45.1. The quantitative estimate of drug-likeness (QED) is 0.0470. The molecule has 0 radical (unpaired) electrons. The van der Waals surface area contributed by atoms with E-state index < -0.39 is 0 Å². The lowest BCUT2D eigenvalue weighted by Gasteiger charge is -2.54. The van der Waals surface area contributed by atoms with Crippen LogP contribution in [0.5, 0.6) is 11.5 Å². The number of hydrogen-bond donors (Lipinski definition) is 4. The van der Waals surface area contributed by atoms with E-state index in [2.05, 4.69) is 82.4 Å². The summed E-state index contributed by atoms with van der Waals surface area (Å²) < 4.78 is 5.50. The third-order valence-electron chi connectivity index (χ3n) is 16.4. The van der Waals surface area contributed by atoms with Gasteiger partial charge >= 0.3 is 0 Å². The number of hydrogen-bond acceptors (Lipinski definition) is 8. The van der Waals surface area contributed by atoms with Crippen molar-refractivity contribution in [1.29, 1.82) is 0 Å². The van der Waals surface area contributed by atoms with Crippen LogP contribution in [0.25, 0.3) is 6.08 Å². The second-order valence-corrected chi connectivity index (χ2v) is 20.4. The first-order chi connectivity index (χ1) is 31.7. The predicted molar refractivity (Wildman–Crippen MR) is 261 cm³/mol. The van der Waals surface area contributed by atoms with Crippen LogP contribution in [-0.4, -0.2) is 54.4 Å². The molecule has 5 aliphatic rings. The number of phenols is 1. The van der Waals surface area contributed by atoms with Crippen LogP contribution in [0.4, 0.5) is 5.82 Å². The molecule has 2 aliphatic heterocycles. The highest BCUT2D eigenvalue weighted by molar-refractivity contribution is 6.06. The van der Waals surface area contributed by atoms with Crippen molar-refractivity contribution in [1.82, 2.24) is 15.6 Å². The van der Waals surface area contributed by atoms with Crippen LogP contribution in [0.1, 0.15) is 110 Å². The third kappa shape index (κ3) is 10.8. The number of nitrogens with zero attached hydrogens (tertiary/aromatic N) is 1. The molecule has 3 saturated carbocycles. The molecule has 342 valence electrons. The SMILES string of the molecule is COc1cc(/C=C/C(=O)CC(=O)C[C@H]2CC[C@@H]3CCC[C@]3(C[C@@H]3[C@@H]4CCNC[C@@H]4C[C@@H]4C=CCN[C@@H]34)C2)c(Cc2cnc(N)cc2CCc2cccc(CCc3ccccc3)c2)cc1O. The second kappa shape index (κ2) is 20.6. The minimum absolute atomic E-state index is 0.0268. The summed E-state index contributed by atoms with van der Waals surface area (Å²) in [5.41, 5.74) is 14.2. The van der Waals surface area contributed by atoms with Crippen LogP contribution in [0.15, 0.2) is 97.2 Å². The highest BCUT2D eigenvalue weighted by Crippen LogP contribution is 2.60. The van der Waals surface area contributed by atoms with Crippen LogP contribution in [-0.2, 0) is 41.7 Å². The Labute approximate surface area is 386 Å². The Hall–Kier alpha value is -5.05. The van der Waals surface area contributed by atoms with E-state index in [4.69, 9.17) is 10.5 Å². The summed E-state index contributed by atoms with van der Waals surface area (Å²) in [4.78, 5) is 31.7. The minimum atomic E-state index is -0.195. The molecular weight excluding hydrogens is 805 g/mol. The number of methoxy groups -OCH3 is 1. The Balaban J connectivity index is 0.840. The van der Waals surface area contributed by atoms with E-state index in [9.17, 15) is 14.7 Å². The van der Waals surface area contributed by atoms with Gasteiger partial charge in [-0.2, -0.15) is 0 Å². The van der Waals surface area contributed by atoms with Gasteiger partial charge in [0.05, 0.1) is 13.5 Å². The maximum atomic E-state index is 13.7. The lowest BCUT2D eigenvalue weighted by Crippen LogP contribution is -2.57. The van der Waals surface area contributed by atoms with Crippen molar-refractivity contribution in [2.24, 2.45) is 40.9 Å². The van der Waals surface area contributed by atoms with Crippen molar-refractivity contribution < 1.29 is 19.4 Å². The van der Waals surface area contributed by atoms with Gasteiger partial charge in [0.15, 0.2) is 17.3 Å². The van der Waals surface area contributed by atoms with Gasteiger partial charge in [-0.15, -0.1) is 0 Å². The summed E-state index contributed by atoms with van der Waals surface area (Å²) in [7, 11) is 1.52. The topological polar surface area (TPSA) is 127 Å². The normalized spacial score (nSPS) is 27.2. The zero-order valence-electron chi connectivity index (χ0n) is 38.5. The fraction of sp³-hybridized carbons (Fsp3) is 0.491. The lowest BCUT2D eigenvalue weighted by molar-refractivity contribution is -0.126. The molecule has 65 heavy (non-hydrogen) atoms. The summed E-state index contributed by atoms with van der Waals surface area (Å²) in [6.07, 6.45) is 25.7. The van der Waals surface area contributed by atoms with E-state index in [0.29, 0.717) is 53.6 Å².